The average Bonchev–Trinajstić information content (AvgIpc) is 3.00. The molecule has 2 saturated heterocycles. The first kappa shape index (κ1) is 15.1. The van der Waals surface area contributed by atoms with Gasteiger partial charge in [0, 0.05) is 19.6 Å². The van der Waals surface area contributed by atoms with Gasteiger partial charge in [0.05, 0.1) is 9.21 Å². The molecular formula is C13H18Cl2N2OS. The first-order valence-corrected chi connectivity index (χ1v) is 7.63. The number of piperidine rings is 1. The summed E-state index contributed by atoms with van der Waals surface area (Å²) in [6.45, 7) is 4.03. The van der Waals surface area contributed by atoms with Crippen molar-refractivity contribution in [3.63, 3.8) is 0 Å². The van der Waals surface area contributed by atoms with Crippen LogP contribution in [0.15, 0.2) is 12.1 Å². The zero-order valence-electron chi connectivity index (χ0n) is 10.7. The number of amides is 1. The lowest BCUT2D eigenvalue weighted by atomic mass is 9.78. The van der Waals surface area contributed by atoms with Crippen molar-refractivity contribution >= 4 is 41.3 Å². The Bertz CT molecular complexity index is 447. The van der Waals surface area contributed by atoms with E-state index in [0.29, 0.717) is 9.75 Å². The van der Waals surface area contributed by atoms with E-state index in [9.17, 15) is 4.79 Å². The third kappa shape index (κ3) is 3.07. The van der Waals surface area contributed by atoms with Gasteiger partial charge in [-0.3, -0.25) is 4.79 Å². The van der Waals surface area contributed by atoms with Crippen LogP contribution in [0.1, 0.15) is 28.9 Å². The standard InChI is InChI=1S/C13H17ClN2OS.ClH/c14-11-2-1-10(18-11)12(17)16-7-4-13(5-8-16)3-6-15-9-13;/h1-2,15H,3-9H2;1H. The van der Waals surface area contributed by atoms with Gasteiger partial charge in [-0.1, -0.05) is 11.6 Å². The van der Waals surface area contributed by atoms with Crippen LogP contribution in [0.25, 0.3) is 0 Å². The molecule has 0 saturated carbocycles. The summed E-state index contributed by atoms with van der Waals surface area (Å²) in [5.41, 5.74) is 0.462. The van der Waals surface area contributed by atoms with E-state index >= 15 is 0 Å². The van der Waals surface area contributed by atoms with Gasteiger partial charge in [0.1, 0.15) is 0 Å². The molecule has 3 rings (SSSR count). The van der Waals surface area contributed by atoms with Gasteiger partial charge >= 0.3 is 0 Å². The molecule has 19 heavy (non-hydrogen) atoms. The van der Waals surface area contributed by atoms with Crippen LogP contribution in [0, 0.1) is 5.41 Å². The predicted molar refractivity (Wildman–Crippen MR) is 81.6 cm³/mol. The van der Waals surface area contributed by atoms with Crippen LogP contribution in [0.4, 0.5) is 0 Å². The summed E-state index contributed by atoms with van der Waals surface area (Å²) in [5.74, 6) is 0.146. The van der Waals surface area contributed by atoms with E-state index in [1.807, 2.05) is 11.0 Å². The maximum atomic E-state index is 12.3. The van der Waals surface area contributed by atoms with Gasteiger partial charge in [-0.2, -0.15) is 0 Å². The highest BCUT2D eigenvalue weighted by Crippen LogP contribution is 2.37. The van der Waals surface area contributed by atoms with Crippen molar-refractivity contribution in [2.24, 2.45) is 5.41 Å². The fourth-order valence-corrected chi connectivity index (χ4v) is 4.00. The Balaban J connectivity index is 0.00000133. The summed E-state index contributed by atoms with van der Waals surface area (Å²) in [5, 5.41) is 3.44. The molecule has 0 aliphatic carbocycles. The highest BCUT2D eigenvalue weighted by molar-refractivity contribution is 7.17. The number of carbonyl (C=O) groups is 1. The van der Waals surface area contributed by atoms with E-state index in [1.54, 1.807) is 6.07 Å². The number of halogens is 2. The molecule has 0 atom stereocenters. The Hall–Kier alpha value is -0.290. The van der Waals surface area contributed by atoms with Gasteiger partial charge in [0.25, 0.3) is 5.91 Å². The van der Waals surface area contributed by atoms with Crippen LogP contribution >= 0.6 is 35.3 Å². The quantitative estimate of drug-likeness (QED) is 0.862. The molecule has 1 N–H and O–H groups in total. The highest BCUT2D eigenvalue weighted by Gasteiger charge is 2.38. The van der Waals surface area contributed by atoms with Gasteiger partial charge in [0.15, 0.2) is 0 Å². The Morgan fingerprint density at radius 1 is 1.32 bits per heavy atom. The minimum absolute atomic E-state index is 0. The molecule has 1 spiro atoms. The second kappa shape index (κ2) is 6.00. The number of rotatable bonds is 1. The van der Waals surface area contributed by atoms with Crippen LogP contribution in [-0.4, -0.2) is 37.0 Å². The van der Waals surface area contributed by atoms with Gasteiger partial charge < -0.3 is 10.2 Å². The molecule has 0 bridgehead atoms. The fourth-order valence-electron chi connectivity index (χ4n) is 2.99. The van der Waals surface area contributed by atoms with Gasteiger partial charge in [-0.05, 0) is 43.4 Å². The predicted octanol–water partition coefficient (Wildman–Crippen LogP) is 3.04. The second-order valence-corrected chi connectivity index (χ2v) is 7.04. The summed E-state index contributed by atoms with van der Waals surface area (Å²) in [6.07, 6.45) is 3.52. The summed E-state index contributed by atoms with van der Waals surface area (Å²) in [6, 6.07) is 3.63. The highest BCUT2D eigenvalue weighted by atomic mass is 35.5. The SMILES string of the molecule is Cl.O=C(c1ccc(Cl)s1)N1CCC2(CCNC2)CC1. The maximum absolute atomic E-state index is 12.3. The number of nitrogens with one attached hydrogen (secondary N) is 1. The Kier molecular flexibility index (Phi) is 4.77. The summed E-state index contributed by atoms with van der Waals surface area (Å²) in [7, 11) is 0. The molecule has 1 aromatic heterocycles. The van der Waals surface area contributed by atoms with Crippen molar-refractivity contribution in [3.8, 4) is 0 Å². The molecule has 2 aliphatic heterocycles. The zero-order chi connectivity index (χ0) is 12.6. The Labute approximate surface area is 128 Å². The van der Waals surface area contributed by atoms with Crippen molar-refractivity contribution in [2.45, 2.75) is 19.3 Å². The lowest BCUT2D eigenvalue weighted by Gasteiger charge is -2.38. The first-order chi connectivity index (χ1) is 8.69. The van der Waals surface area contributed by atoms with Gasteiger partial charge in [-0.15, -0.1) is 23.7 Å². The fraction of sp³-hybridized carbons (Fsp3) is 0.615. The average molecular weight is 321 g/mol. The Morgan fingerprint density at radius 3 is 2.58 bits per heavy atom. The summed E-state index contributed by atoms with van der Waals surface area (Å²) < 4.78 is 0.687. The number of likely N-dealkylation sites (tertiary alicyclic amines) is 1. The molecule has 106 valence electrons. The summed E-state index contributed by atoms with van der Waals surface area (Å²) in [4.78, 5) is 15.0. The van der Waals surface area contributed by atoms with Gasteiger partial charge in [0.2, 0.25) is 0 Å². The molecule has 0 aromatic carbocycles. The lowest BCUT2D eigenvalue weighted by Crippen LogP contribution is -2.43. The van der Waals surface area contributed by atoms with E-state index in [0.717, 1.165) is 43.9 Å². The van der Waals surface area contributed by atoms with E-state index in [4.69, 9.17) is 11.6 Å². The number of nitrogens with zero attached hydrogens (tertiary/aromatic N) is 1. The van der Waals surface area contributed by atoms with Crippen LogP contribution in [0.5, 0.6) is 0 Å². The molecule has 1 aromatic rings. The largest absolute Gasteiger partial charge is 0.338 e. The second-order valence-electron chi connectivity index (χ2n) is 5.32. The first-order valence-electron chi connectivity index (χ1n) is 6.44. The molecule has 3 nitrogen and oxygen atoms in total. The van der Waals surface area contributed by atoms with Crippen molar-refractivity contribution in [3.05, 3.63) is 21.3 Å². The Morgan fingerprint density at radius 2 is 2.05 bits per heavy atom. The lowest BCUT2D eigenvalue weighted by molar-refractivity contribution is 0.0612. The monoisotopic (exact) mass is 320 g/mol. The summed E-state index contributed by atoms with van der Waals surface area (Å²) >= 11 is 7.26. The topological polar surface area (TPSA) is 32.3 Å². The van der Waals surface area contributed by atoms with E-state index in [2.05, 4.69) is 5.32 Å². The molecule has 3 heterocycles. The molecule has 2 aliphatic rings. The van der Waals surface area contributed by atoms with Crippen LogP contribution in [-0.2, 0) is 0 Å². The normalized spacial score (nSPS) is 21.4. The smallest absolute Gasteiger partial charge is 0.263 e. The third-order valence-electron chi connectivity index (χ3n) is 4.23. The molecule has 6 heteroatoms. The van der Waals surface area contributed by atoms with Gasteiger partial charge in [-0.25, -0.2) is 0 Å². The molecule has 0 unspecified atom stereocenters. The minimum atomic E-state index is 0. The van der Waals surface area contributed by atoms with Crippen LogP contribution in [0.3, 0.4) is 0 Å². The van der Waals surface area contributed by atoms with E-state index < -0.39 is 0 Å². The molecule has 0 radical (unpaired) electrons. The molecule has 2 fully saturated rings. The van der Waals surface area contributed by atoms with E-state index in [1.165, 1.54) is 17.8 Å². The third-order valence-corrected chi connectivity index (χ3v) is 5.45. The van der Waals surface area contributed by atoms with Crippen LogP contribution < -0.4 is 5.32 Å². The number of hydrogen-bond acceptors (Lipinski definition) is 3. The number of carbonyl (C=O) groups excluding carboxylic acids is 1. The zero-order valence-corrected chi connectivity index (χ0v) is 13.0. The van der Waals surface area contributed by atoms with Crippen molar-refractivity contribution in [2.75, 3.05) is 26.2 Å². The van der Waals surface area contributed by atoms with Crippen molar-refractivity contribution < 1.29 is 4.79 Å². The maximum Gasteiger partial charge on any atom is 0.263 e. The van der Waals surface area contributed by atoms with Crippen molar-refractivity contribution in [1.82, 2.24) is 10.2 Å². The molecular weight excluding hydrogens is 303 g/mol. The number of hydrogen-bond donors (Lipinski definition) is 1. The molecule has 1 amide bonds. The van der Waals surface area contributed by atoms with Crippen molar-refractivity contribution in [1.29, 1.82) is 0 Å². The number of thiophene rings is 1. The van der Waals surface area contributed by atoms with Crippen LogP contribution in [0.2, 0.25) is 4.34 Å². The minimum Gasteiger partial charge on any atom is -0.338 e. The van der Waals surface area contributed by atoms with E-state index in [-0.39, 0.29) is 18.3 Å².